The molecule has 3 aromatic rings. The van der Waals surface area contributed by atoms with Gasteiger partial charge in [0.25, 0.3) is 11.5 Å². The number of rotatable bonds is 6. The zero-order valence-corrected chi connectivity index (χ0v) is 18.8. The van der Waals surface area contributed by atoms with Crippen molar-refractivity contribution >= 4 is 11.6 Å². The van der Waals surface area contributed by atoms with Crippen LogP contribution < -0.4 is 10.9 Å². The van der Waals surface area contributed by atoms with Gasteiger partial charge in [0.15, 0.2) is 0 Å². The van der Waals surface area contributed by atoms with Gasteiger partial charge in [-0.1, -0.05) is 73.7 Å². The molecule has 0 atom stereocenters. The number of aryl methyl sites for hydroxylation is 1. The fourth-order valence-electron chi connectivity index (χ4n) is 4.10. The molecular formula is C28H24N4O2. The fourth-order valence-corrected chi connectivity index (χ4v) is 4.10. The van der Waals surface area contributed by atoms with Gasteiger partial charge in [-0.05, 0) is 35.7 Å². The van der Waals surface area contributed by atoms with E-state index in [2.05, 4.69) is 10.4 Å². The van der Waals surface area contributed by atoms with E-state index in [0.717, 1.165) is 23.2 Å². The summed E-state index contributed by atoms with van der Waals surface area (Å²) in [5.41, 5.74) is 4.39. The number of fused-ring (bicyclic) bond motifs is 1. The van der Waals surface area contributed by atoms with Gasteiger partial charge in [-0.2, -0.15) is 9.78 Å². The Morgan fingerprint density at radius 3 is 2.29 bits per heavy atom. The largest absolute Gasteiger partial charge is 0.348 e. The van der Waals surface area contributed by atoms with Crippen molar-refractivity contribution in [2.75, 3.05) is 5.32 Å². The Bertz CT molecular complexity index is 1470. The first-order valence-corrected chi connectivity index (χ1v) is 11.3. The molecule has 1 amide bonds. The van der Waals surface area contributed by atoms with Crippen LogP contribution in [0, 0.1) is 0 Å². The third-order valence-electron chi connectivity index (χ3n) is 5.82. The quantitative estimate of drug-likeness (QED) is 0.397. The summed E-state index contributed by atoms with van der Waals surface area (Å²) in [6.07, 6.45) is 4.33. The Morgan fingerprint density at radius 1 is 0.882 bits per heavy atom. The second kappa shape index (κ2) is 9.19. The minimum atomic E-state index is -0.300. The molecule has 2 heterocycles. The van der Waals surface area contributed by atoms with Crippen LogP contribution in [0.2, 0.25) is 0 Å². The highest BCUT2D eigenvalue weighted by atomic mass is 16.2. The summed E-state index contributed by atoms with van der Waals surface area (Å²) in [6, 6.07) is 26.9. The van der Waals surface area contributed by atoms with E-state index in [0.29, 0.717) is 29.1 Å². The third kappa shape index (κ3) is 4.13. The minimum Gasteiger partial charge on any atom is -0.348 e. The van der Waals surface area contributed by atoms with E-state index in [1.807, 2.05) is 96.4 Å². The van der Waals surface area contributed by atoms with Gasteiger partial charge in [0.1, 0.15) is 5.69 Å². The number of hydrogen-bond acceptors (Lipinski definition) is 3. The first kappa shape index (κ1) is 21.4. The van der Waals surface area contributed by atoms with Crippen LogP contribution in [0.4, 0.5) is 5.69 Å². The molecule has 0 saturated heterocycles. The lowest BCUT2D eigenvalue weighted by Crippen LogP contribution is -2.18. The SMILES string of the molecule is CCc1ccccc1NC(=O)c1cn(Cc2ccccc2)cc2c(=O)n(-c3ccccc3)nc1-2. The highest BCUT2D eigenvalue weighted by Gasteiger charge is 2.25. The van der Waals surface area contributed by atoms with Gasteiger partial charge in [-0.25, -0.2) is 0 Å². The van der Waals surface area contributed by atoms with Crippen LogP contribution in [0.1, 0.15) is 28.4 Å². The molecule has 5 rings (SSSR count). The molecule has 3 aromatic carbocycles. The van der Waals surface area contributed by atoms with Crippen LogP contribution in [0.3, 0.4) is 0 Å². The topological polar surface area (TPSA) is 68.9 Å². The van der Waals surface area contributed by atoms with Crippen molar-refractivity contribution in [1.29, 1.82) is 0 Å². The van der Waals surface area contributed by atoms with Gasteiger partial charge in [-0.3, -0.25) is 9.59 Å². The first-order chi connectivity index (χ1) is 16.6. The number of anilines is 1. The number of nitrogens with zero attached hydrogens (tertiary/aromatic N) is 3. The third-order valence-corrected chi connectivity index (χ3v) is 5.82. The van der Waals surface area contributed by atoms with Gasteiger partial charge >= 0.3 is 0 Å². The monoisotopic (exact) mass is 448 g/mol. The van der Waals surface area contributed by atoms with E-state index in [1.165, 1.54) is 4.68 Å². The molecular weight excluding hydrogens is 424 g/mol. The summed E-state index contributed by atoms with van der Waals surface area (Å²) in [4.78, 5) is 26.8. The van der Waals surface area contributed by atoms with Crippen molar-refractivity contribution < 1.29 is 4.79 Å². The molecule has 0 aliphatic carbocycles. The van der Waals surface area contributed by atoms with Crippen molar-refractivity contribution in [2.45, 2.75) is 19.9 Å². The predicted octanol–water partition coefficient (Wildman–Crippen LogP) is 5.00. The molecule has 6 nitrogen and oxygen atoms in total. The summed E-state index contributed by atoms with van der Waals surface area (Å²) in [7, 11) is 0. The summed E-state index contributed by atoms with van der Waals surface area (Å²) in [6.45, 7) is 2.57. The van der Waals surface area contributed by atoms with Crippen LogP contribution in [0.5, 0.6) is 0 Å². The smallest absolute Gasteiger partial charge is 0.282 e. The fraction of sp³-hybridized carbons (Fsp3) is 0.107. The molecule has 0 unspecified atom stereocenters. The lowest BCUT2D eigenvalue weighted by molar-refractivity contribution is 0.102. The number of hydrogen-bond donors (Lipinski definition) is 1. The van der Waals surface area contributed by atoms with E-state index in [-0.39, 0.29) is 11.5 Å². The van der Waals surface area contributed by atoms with E-state index < -0.39 is 0 Å². The van der Waals surface area contributed by atoms with E-state index in [1.54, 1.807) is 12.4 Å². The van der Waals surface area contributed by atoms with Crippen molar-refractivity contribution in [2.24, 2.45) is 0 Å². The number of carbonyl (C=O) groups is 1. The maximum atomic E-state index is 13.5. The molecule has 6 heteroatoms. The molecule has 2 aliphatic heterocycles. The van der Waals surface area contributed by atoms with Gasteiger partial charge in [0.05, 0.1) is 16.8 Å². The van der Waals surface area contributed by atoms with E-state index in [9.17, 15) is 9.59 Å². The number of nitrogens with one attached hydrogen (secondary N) is 1. The summed E-state index contributed by atoms with van der Waals surface area (Å²) in [5.74, 6) is -0.300. The Balaban J connectivity index is 1.63. The van der Waals surface area contributed by atoms with E-state index in [4.69, 9.17) is 0 Å². The Kier molecular flexibility index (Phi) is 5.79. The molecule has 168 valence electrons. The van der Waals surface area contributed by atoms with Gasteiger partial charge in [0, 0.05) is 24.6 Å². The Labute approximate surface area is 197 Å². The molecule has 0 bridgehead atoms. The number of pyridine rings is 1. The second-order valence-electron chi connectivity index (χ2n) is 8.11. The number of amides is 1. The molecule has 34 heavy (non-hydrogen) atoms. The lowest BCUT2D eigenvalue weighted by atomic mass is 10.1. The maximum Gasteiger partial charge on any atom is 0.282 e. The van der Waals surface area contributed by atoms with Crippen LogP contribution in [0.15, 0.2) is 102 Å². The van der Waals surface area contributed by atoms with Crippen LogP contribution in [-0.2, 0) is 13.0 Å². The second-order valence-corrected chi connectivity index (χ2v) is 8.11. The summed E-state index contributed by atoms with van der Waals surface area (Å²) >= 11 is 0. The molecule has 0 aromatic heterocycles. The van der Waals surface area contributed by atoms with Gasteiger partial charge in [-0.15, -0.1) is 0 Å². The van der Waals surface area contributed by atoms with Crippen molar-refractivity contribution in [3.63, 3.8) is 0 Å². The molecule has 0 saturated carbocycles. The average Bonchev–Trinajstić information content (AvgIpc) is 3.21. The zero-order chi connectivity index (χ0) is 23.5. The predicted molar refractivity (Wildman–Crippen MR) is 134 cm³/mol. The molecule has 2 aliphatic rings. The Hall–Kier alpha value is -4.45. The molecule has 0 fully saturated rings. The molecule has 1 N–H and O–H groups in total. The standard InChI is InChI=1S/C28H24N4O2/c1-2-21-13-9-10-16-25(21)29-27(33)23-18-31(17-20-11-5-3-6-12-20)19-24-26(23)30-32(28(24)34)22-14-7-4-8-15-22/h3-16,18-19H,2,17H2,1H3,(H,29,33). The number of aromatic nitrogens is 3. The maximum absolute atomic E-state index is 13.5. The van der Waals surface area contributed by atoms with Crippen molar-refractivity contribution in [3.05, 3.63) is 124 Å². The average molecular weight is 449 g/mol. The number of benzene rings is 3. The highest BCUT2D eigenvalue weighted by molar-refractivity contribution is 6.08. The molecule has 0 radical (unpaired) electrons. The number of carbonyl (C=O) groups excluding carboxylic acids is 1. The first-order valence-electron chi connectivity index (χ1n) is 11.3. The Morgan fingerprint density at radius 2 is 1.56 bits per heavy atom. The van der Waals surface area contributed by atoms with E-state index >= 15 is 0 Å². The lowest BCUT2D eigenvalue weighted by Gasteiger charge is -2.14. The minimum absolute atomic E-state index is 0.258. The summed E-state index contributed by atoms with van der Waals surface area (Å²) < 4.78 is 3.23. The molecule has 0 spiro atoms. The zero-order valence-electron chi connectivity index (χ0n) is 18.8. The number of para-hydroxylation sites is 2. The van der Waals surface area contributed by atoms with Crippen molar-refractivity contribution in [1.82, 2.24) is 14.3 Å². The highest BCUT2D eigenvalue weighted by Crippen LogP contribution is 2.25. The van der Waals surface area contributed by atoms with Crippen LogP contribution >= 0.6 is 0 Å². The van der Waals surface area contributed by atoms with Crippen LogP contribution in [-0.4, -0.2) is 20.3 Å². The normalized spacial score (nSPS) is 11.0. The van der Waals surface area contributed by atoms with Crippen molar-refractivity contribution in [3.8, 4) is 16.9 Å². The van der Waals surface area contributed by atoms with Crippen LogP contribution in [0.25, 0.3) is 16.9 Å². The van der Waals surface area contributed by atoms with Gasteiger partial charge in [0.2, 0.25) is 0 Å². The summed E-state index contributed by atoms with van der Waals surface area (Å²) in [5, 5.41) is 7.59. The van der Waals surface area contributed by atoms with Gasteiger partial charge < -0.3 is 9.88 Å².